The van der Waals surface area contributed by atoms with Crippen LogP contribution in [0.25, 0.3) is 0 Å². The van der Waals surface area contributed by atoms with Crippen molar-refractivity contribution in [2.75, 3.05) is 0 Å². The molecular formula is C21H30O3. The summed E-state index contributed by atoms with van der Waals surface area (Å²) < 4.78 is 5.58. The van der Waals surface area contributed by atoms with Gasteiger partial charge >= 0.3 is 5.97 Å². The van der Waals surface area contributed by atoms with Gasteiger partial charge in [0.15, 0.2) is 0 Å². The summed E-state index contributed by atoms with van der Waals surface area (Å²) in [6.07, 6.45) is 5.09. The van der Waals surface area contributed by atoms with Crippen LogP contribution in [-0.4, -0.2) is 17.4 Å². The summed E-state index contributed by atoms with van der Waals surface area (Å²) in [6, 6.07) is 10.1. The third-order valence-electron chi connectivity index (χ3n) is 5.07. The van der Waals surface area contributed by atoms with Crippen LogP contribution in [0.1, 0.15) is 71.8 Å². The molecule has 0 aliphatic heterocycles. The number of benzene rings is 1. The van der Waals surface area contributed by atoms with Crippen LogP contribution < -0.4 is 0 Å². The van der Waals surface area contributed by atoms with Crippen LogP contribution >= 0.6 is 0 Å². The minimum absolute atomic E-state index is 0.105. The molecule has 1 aromatic carbocycles. The van der Waals surface area contributed by atoms with Gasteiger partial charge < -0.3 is 4.74 Å². The second-order valence-electron chi connectivity index (χ2n) is 8.02. The number of Topliss-reactive ketones (excluding diaryl/α,β-unsaturated/α-hetero) is 1. The molecule has 2 rings (SSSR count). The van der Waals surface area contributed by atoms with Crippen molar-refractivity contribution in [3.05, 3.63) is 35.9 Å². The van der Waals surface area contributed by atoms with Gasteiger partial charge in [-0.05, 0) is 58.9 Å². The van der Waals surface area contributed by atoms with Crippen molar-refractivity contribution in [1.82, 2.24) is 0 Å². The van der Waals surface area contributed by atoms with E-state index >= 15 is 0 Å². The normalized spacial score (nSPS) is 25.4. The van der Waals surface area contributed by atoms with Crippen LogP contribution in [0.2, 0.25) is 0 Å². The molecule has 3 heteroatoms. The lowest BCUT2D eigenvalue weighted by Gasteiger charge is -2.35. The Morgan fingerprint density at radius 2 is 1.71 bits per heavy atom. The van der Waals surface area contributed by atoms with Crippen LogP contribution in [0, 0.1) is 5.92 Å². The SMILES string of the molecule is CC(=O)C1(c2ccccc2)CCCCC(C(=O)OC(C)(C)C)CC1. The van der Waals surface area contributed by atoms with Crippen LogP contribution in [-0.2, 0) is 19.7 Å². The van der Waals surface area contributed by atoms with Crippen molar-refractivity contribution < 1.29 is 14.3 Å². The number of carbonyl (C=O) groups excluding carboxylic acids is 2. The smallest absolute Gasteiger partial charge is 0.309 e. The number of ether oxygens (including phenoxy) is 1. The molecule has 3 nitrogen and oxygen atoms in total. The van der Waals surface area contributed by atoms with Gasteiger partial charge in [-0.15, -0.1) is 0 Å². The highest BCUT2D eigenvalue weighted by Crippen LogP contribution is 2.40. The zero-order valence-electron chi connectivity index (χ0n) is 15.4. The summed E-state index contributed by atoms with van der Waals surface area (Å²) in [5.41, 5.74) is 0.167. The van der Waals surface area contributed by atoms with Crippen molar-refractivity contribution in [3.8, 4) is 0 Å². The quantitative estimate of drug-likeness (QED) is 0.746. The highest BCUT2D eigenvalue weighted by atomic mass is 16.6. The molecule has 0 amide bonds. The summed E-state index contributed by atoms with van der Waals surface area (Å²) in [5.74, 6) is -0.0135. The van der Waals surface area contributed by atoms with E-state index in [2.05, 4.69) is 0 Å². The minimum atomic E-state index is -0.462. The van der Waals surface area contributed by atoms with E-state index in [9.17, 15) is 9.59 Å². The fourth-order valence-corrected chi connectivity index (χ4v) is 3.73. The first kappa shape index (κ1) is 18.7. The summed E-state index contributed by atoms with van der Waals surface area (Å²) in [5, 5.41) is 0. The lowest BCUT2D eigenvalue weighted by Crippen LogP contribution is -2.37. The second-order valence-corrected chi connectivity index (χ2v) is 8.02. The zero-order valence-corrected chi connectivity index (χ0v) is 15.4. The maximum absolute atomic E-state index is 12.6. The lowest BCUT2D eigenvalue weighted by molar-refractivity contribution is -0.161. The Labute approximate surface area is 145 Å². The van der Waals surface area contributed by atoms with E-state index in [1.807, 2.05) is 51.1 Å². The van der Waals surface area contributed by atoms with Gasteiger partial charge in [0.05, 0.1) is 11.3 Å². The molecule has 0 aromatic heterocycles. The van der Waals surface area contributed by atoms with Crippen LogP contribution in [0.5, 0.6) is 0 Å². The average molecular weight is 330 g/mol. The second kappa shape index (κ2) is 7.50. The molecule has 0 N–H and O–H groups in total. The Bertz CT molecular complexity index is 570. The Kier molecular flexibility index (Phi) is 5.84. The number of esters is 1. The third-order valence-corrected chi connectivity index (χ3v) is 5.07. The number of ketones is 1. The van der Waals surface area contributed by atoms with Gasteiger partial charge in [-0.3, -0.25) is 9.59 Å². The molecule has 1 saturated carbocycles. The van der Waals surface area contributed by atoms with Gasteiger partial charge in [0.2, 0.25) is 0 Å². The molecule has 0 bridgehead atoms. The van der Waals surface area contributed by atoms with Crippen LogP contribution in [0.15, 0.2) is 30.3 Å². The average Bonchev–Trinajstić information content (AvgIpc) is 2.46. The van der Waals surface area contributed by atoms with Gasteiger partial charge in [0.25, 0.3) is 0 Å². The van der Waals surface area contributed by atoms with Crippen molar-refractivity contribution in [3.63, 3.8) is 0 Å². The predicted octanol–water partition coefficient (Wildman–Crippen LogP) is 4.83. The van der Waals surface area contributed by atoms with Gasteiger partial charge in [-0.25, -0.2) is 0 Å². The molecule has 2 unspecified atom stereocenters. The van der Waals surface area contributed by atoms with Gasteiger partial charge in [-0.1, -0.05) is 43.2 Å². The van der Waals surface area contributed by atoms with Gasteiger partial charge in [0, 0.05) is 0 Å². The molecule has 0 spiro atoms. The van der Waals surface area contributed by atoms with Crippen molar-refractivity contribution in [2.24, 2.45) is 5.92 Å². The third kappa shape index (κ3) is 4.46. The van der Waals surface area contributed by atoms with E-state index in [-0.39, 0.29) is 17.7 Å². The lowest BCUT2D eigenvalue weighted by atomic mass is 9.67. The predicted molar refractivity (Wildman–Crippen MR) is 95.8 cm³/mol. The maximum atomic E-state index is 12.6. The van der Waals surface area contributed by atoms with Gasteiger partial charge in [0.1, 0.15) is 11.4 Å². The largest absolute Gasteiger partial charge is 0.460 e. The molecular weight excluding hydrogens is 300 g/mol. The molecule has 1 fully saturated rings. The molecule has 0 saturated heterocycles. The Hall–Kier alpha value is -1.64. The summed E-state index contributed by atoms with van der Waals surface area (Å²) in [4.78, 5) is 25.1. The van der Waals surface area contributed by atoms with E-state index < -0.39 is 11.0 Å². The molecule has 1 aromatic rings. The first-order valence-electron chi connectivity index (χ1n) is 9.04. The highest BCUT2D eigenvalue weighted by molar-refractivity contribution is 5.88. The molecule has 1 aliphatic carbocycles. The number of carbonyl (C=O) groups is 2. The topological polar surface area (TPSA) is 43.4 Å². The van der Waals surface area contributed by atoms with E-state index in [1.54, 1.807) is 6.92 Å². The summed E-state index contributed by atoms with van der Waals surface area (Å²) >= 11 is 0. The first-order valence-corrected chi connectivity index (χ1v) is 9.04. The molecule has 2 atom stereocenters. The first-order chi connectivity index (χ1) is 11.2. The molecule has 0 heterocycles. The molecule has 0 radical (unpaired) electrons. The number of hydrogen-bond donors (Lipinski definition) is 0. The molecule has 24 heavy (non-hydrogen) atoms. The Morgan fingerprint density at radius 1 is 1.04 bits per heavy atom. The summed E-state index contributed by atoms with van der Waals surface area (Å²) in [6.45, 7) is 7.39. The van der Waals surface area contributed by atoms with Crippen molar-refractivity contribution >= 4 is 11.8 Å². The van der Waals surface area contributed by atoms with Crippen LogP contribution in [0.4, 0.5) is 0 Å². The summed E-state index contributed by atoms with van der Waals surface area (Å²) in [7, 11) is 0. The van der Waals surface area contributed by atoms with E-state index in [0.717, 1.165) is 37.7 Å². The zero-order chi connectivity index (χ0) is 17.8. The Balaban J connectivity index is 2.21. The minimum Gasteiger partial charge on any atom is -0.460 e. The molecule has 132 valence electrons. The van der Waals surface area contributed by atoms with E-state index in [4.69, 9.17) is 4.74 Å². The monoisotopic (exact) mass is 330 g/mol. The number of hydrogen-bond acceptors (Lipinski definition) is 3. The highest BCUT2D eigenvalue weighted by Gasteiger charge is 2.39. The van der Waals surface area contributed by atoms with Crippen molar-refractivity contribution in [1.29, 1.82) is 0 Å². The van der Waals surface area contributed by atoms with E-state index in [0.29, 0.717) is 6.42 Å². The van der Waals surface area contributed by atoms with Crippen LogP contribution in [0.3, 0.4) is 0 Å². The fraction of sp³-hybridized carbons (Fsp3) is 0.619. The standard InChI is InChI=1S/C21H30O3/c1-16(22)21(18-11-6-5-7-12-18)14-9-8-10-17(13-15-21)19(23)24-20(2,3)4/h5-7,11-12,17H,8-10,13-15H2,1-4H3. The fourth-order valence-electron chi connectivity index (χ4n) is 3.73. The molecule has 1 aliphatic rings. The van der Waals surface area contributed by atoms with Crippen molar-refractivity contribution in [2.45, 2.75) is 77.2 Å². The van der Waals surface area contributed by atoms with Gasteiger partial charge in [-0.2, -0.15) is 0 Å². The van der Waals surface area contributed by atoms with E-state index in [1.165, 1.54) is 0 Å². The Morgan fingerprint density at radius 3 is 2.29 bits per heavy atom. The maximum Gasteiger partial charge on any atom is 0.309 e. The number of rotatable bonds is 3.